The lowest BCUT2D eigenvalue weighted by atomic mass is 9.33. The number of hydrogen-bond acceptors (Lipinski definition) is 5. The lowest BCUT2D eigenvalue weighted by molar-refractivity contribution is -0.216. The molecule has 0 radical (unpaired) electrons. The van der Waals surface area contributed by atoms with Crippen LogP contribution in [-0.2, 0) is 15.9 Å². The molecule has 1 amide bonds. The normalized spacial score (nSPS) is 40.8. The maximum absolute atomic E-state index is 13.3. The highest BCUT2D eigenvalue weighted by atomic mass is 32.2. The van der Waals surface area contributed by atoms with Gasteiger partial charge in [0.25, 0.3) is 0 Å². The Morgan fingerprint density at radius 2 is 1.65 bits per heavy atom. The first kappa shape index (κ1) is 34.4. The van der Waals surface area contributed by atoms with Crippen molar-refractivity contribution in [1.82, 2.24) is 10.2 Å². The zero-order valence-electron chi connectivity index (χ0n) is 29.9. The summed E-state index contributed by atoms with van der Waals surface area (Å²) in [5.41, 5.74) is 3.44. The number of carboxylic acid groups (broad SMARTS) is 1. The molecule has 8 atom stereocenters. The number of rotatable bonds is 6. The van der Waals surface area contributed by atoms with Gasteiger partial charge in [-0.15, -0.1) is 0 Å². The SMILES string of the molecule is CC1(C)C(c2ccc(C(=O)O)cc2)=CCC2(C)C1CCC1(C)C2CCC2C3CCCC3(NC(=O)OCCN3CC[S+]([O-])CC3)CC[C@]21C. The Bertz CT molecular complexity index is 1440. The van der Waals surface area contributed by atoms with Crippen LogP contribution in [0.4, 0.5) is 4.79 Å². The molecule has 7 unspecified atom stereocenters. The van der Waals surface area contributed by atoms with Gasteiger partial charge in [-0.2, -0.15) is 0 Å². The molecule has 1 heterocycles. The third-order valence-electron chi connectivity index (χ3n) is 15.6. The molecule has 1 saturated heterocycles. The van der Waals surface area contributed by atoms with Gasteiger partial charge in [-0.1, -0.05) is 70.4 Å². The van der Waals surface area contributed by atoms with Crippen LogP contribution in [0.5, 0.6) is 0 Å². The molecule has 0 aromatic heterocycles. The number of allylic oxidation sites excluding steroid dienone is 2. The summed E-state index contributed by atoms with van der Waals surface area (Å²) in [6.07, 6.45) is 14.0. The van der Waals surface area contributed by atoms with Crippen LogP contribution in [-0.4, -0.2) is 69.9 Å². The number of alkyl carbamates (subject to hydrolysis) is 1. The molecule has 0 bridgehead atoms. The van der Waals surface area contributed by atoms with Crippen molar-refractivity contribution in [1.29, 1.82) is 0 Å². The summed E-state index contributed by atoms with van der Waals surface area (Å²) in [6.45, 7) is 15.5. The first-order chi connectivity index (χ1) is 22.7. The van der Waals surface area contributed by atoms with Crippen LogP contribution in [0.15, 0.2) is 30.3 Å². The van der Waals surface area contributed by atoms with E-state index < -0.39 is 17.1 Å². The zero-order valence-corrected chi connectivity index (χ0v) is 30.8. The molecule has 264 valence electrons. The monoisotopic (exact) mass is 678 g/mol. The van der Waals surface area contributed by atoms with Crippen LogP contribution in [0, 0.1) is 45.3 Å². The largest absolute Gasteiger partial charge is 0.616 e. The highest BCUT2D eigenvalue weighted by molar-refractivity contribution is 7.91. The molecule has 0 spiro atoms. The molecule has 7 rings (SSSR count). The number of carboxylic acids is 1. The van der Waals surface area contributed by atoms with Gasteiger partial charge in [0.05, 0.1) is 5.56 Å². The molecule has 1 aliphatic heterocycles. The van der Waals surface area contributed by atoms with Crippen LogP contribution in [0.1, 0.15) is 115 Å². The number of carbonyl (C=O) groups is 2. The third kappa shape index (κ3) is 5.37. The molecular formula is C40H58N2O5S. The van der Waals surface area contributed by atoms with Gasteiger partial charge in [-0.25, -0.2) is 9.59 Å². The number of nitrogens with zero attached hydrogens (tertiary/aromatic N) is 1. The molecule has 7 nitrogen and oxygen atoms in total. The maximum Gasteiger partial charge on any atom is 0.407 e. The number of amides is 1. The number of carbonyl (C=O) groups excluding carboxylic acids is 1. The van der Waals surface area contributed by atoms with Crippen molar-refractivity contribution in [2.75, 3.05) is 37.7 Å². The molecule has 8 heteroatoms. The zero-order chi connectivity index (χ0) is 34.1. The molecular weight excluding hydrogens is 621 g/mol. The van der Waals surface area contributed by atoms with E-state index in [1.54, 1.807) is 12.1 Å². The number of fused-ring (bicyclic) bond motifs is 7. The van der Waals surface area contributed by atoms with E-state index in [1.807, 2.05) is 12.1 Å². The average Bonchev–Trinajstić information content (AvgIpc) is 3.46. The van der Waals surface area contributed by atoms with Crippen molar-refractivity contribution < 1.29 is 24.0 Å². The molecule has 1 aromatic rings. The van der Waals surface area contributed by atoms with Crippen LogP contribution < -0.4 is 5.32 Å². The molecule has 2 N–H and O–H groups in total. The van der Waals surface area contributed by atoms with Crippen LogP contribution in [0.3, 0.4) is 0 Å². The minimum atomic E-state index is -0.875. The average molecular weight is 679 g/mol. The fourth-order valence-electron chi connectivity index (χ4n) is 13.1. The molecule has 6 aliphatic rings. The summed E-state index contributed by atoms with van der Waals surface area (Å²) in [4.78, 5) is 27.0. The van der Waals surface area contributed by atoms with Gasteiger partial charge in [0, 0.05) is 25.2 Å². The minimum Gasteiger partial charge on any atom is -0.616 e. The van der Waals surface area contributed by atoms with Gasteiger partial charge >= 0.3 is 12.1 Å². The van der Waals surface area contributed by atoms with Crippen molar-refractivity contribution >= 4 is 28.8 Å². The van der Waals surface area contributed by atoms with Crippen molar-refractivity contribution in [2.24, 2.45) is 45.3 Å². The van der Waals surface area contributed by atoms with Crippen LogP contribution in [0.25, 0.3) is 5.57 Å². The van der Waals surface area contributed by atoms with Crippen molar-refractivity contribution in [3.8, 4) is 0 Å². The van der Waals surface area contributed by atoms with Gasteiger partial charge in [0.2, 0.25) is 0 Å². The fraction of sp³-hybridized carbons (Fsp3) is 0.750. The summed E-state index contributed by atoms with van der Waals surface area (Å²) >= 11 is -0.695. The van der Waals surface area contributed by atoms with Crippen molar-refractivity contribution in [3.05, 3.63) is 41.5 Å². The molecule has 5 fully saturated rings. The van der Waals surface area contributed by atoms with Crippen molar-refractivity contribution in [2.45, 2.75) is 104 Å². The standard InChI is InChI=1S/C40H58N2O5S/c1-36(2)29(27-8-10-28(11-9-27)34(43)44)14-17-37(3)32(36)15-18-39(5)33(37)13-12-30-31-7-6-16-40(31,20-19-38(30,39)4)41-35(45)47-24-21-42-22-25-48(46)26-23-42/h8-11,14,30-33H,6-7,12-13,15-26H2,1-5H3,(H,41,45)(H,43,44)/t30?,31?,32?,33?,37?,38-,39?,40?/m1/s1. The Kier molecular flexibility index (Phi) is 8.84. The predicted octanol–water partition coefficient (Wildman–Crippen LogP) is 7.78. The topological polar surface area (TPSA) is 102 Å². The third-order valence-corrected chi connectivity index (χ3v) is 16.9. The Morgan fingerprint density at radius 1 is 0.917 bits per heavy atom. The van der Waals surface area contributed by atoms with E-state index in [-0.39, 0.29) is 33.3 Å². The molecule has 4 saturated carbocycles. The van der Waals surface area contributed by atoms with E-state index in [2.05, 4.69) is 50.9 Å². The van der Waals surface area contributed by atoms with E-state index in [1.165, 1.54) is 44.1 Å². The summed E-state index contributed by atoms with van der Waals surface area (Å²) < 4.78 is 17.5. The second-order valence-corrected chi connectivity index (χ2v) is 19.4. The second-order valence-electron chi connectivity index (χ2n) is 17.7. The Labute approximate surface area is 291 Å². The summed E-state index contributed by atoms with van der Waals surface area (Å²) in [5.74, 6) is 2.90. The number of benzene rings is 1. The highest BCUT2D eigenvalue weighted by Crippen LogP contribution is 2.76. The Morgan fingerprint density at radius 3 is 2.35 bits per heavy atom. The summed E-state index contributed by atoms with van der Waals surface area (Å²) in [5, 5.41) is 12.9. The number of aromatic carboxylic acids is 1. The number of nitrogens with one attached hydrogen (secondary N) is 1. The van der Waals surface area contributed by atoms with Gasteiger partial charge in [0.15, 0.2) is 0 Å². The van der Waals surface area contributed by atoms with E-state index in [0.717, 1.165) is 55.8 Å². The first-order valence-electron chi connectivity index (χ1n) is 18.8. The molecule has 5 aliphatic carbocycles. The van der Waals surface area contributed by atoms with Gasteiger partial charge in [0.1, 0.15) is 18.1 Å². The summed E-state index contributed by atoms with van der Waals surface area (Å²) in [7, 11) is 0. The summed E-state index contributed by atoms with van der Waals surface area (Å²) in [6, 6.07) is 7.53. The Hall–Kier alpha value is -2.03. The van der Waals surface area contributed by atoms with Gasteiger partial charge in [-0.05, 0) is 126 Å². The smallest absolute Gasteiger partial charge is 0.407 e. The highest BCUT2D eigenvalue weighted by Gasteiger charge is 2.69. The van der Waals surface area contributed by atoms with Crippen LogP contribution in [0.2, 0.25) is 0 Å². The number of ether oxygens (including phenoxy) is 1. The van der Waals surface area contributed by atoms with E-state index >= 15 is 0 Å². The van der Waals surface area contributed by atoms with E-state index in [9.17, 15) is 19.2 Å². The van der Waals surface area contributed by atoms with E-state index in [0.29, 0.717) is 42.4 Å². The Balaban J connectivity index is 1.07. The van der Waals surface area contributed by atoms with E-state index in [4.69, 9.17) is 4.74 Å². The minimum absolute atomic E-state index is 0.00108. The van der Waals surface area contributed by atoms with Crippen LogP contribution >= 0.6 is 0 Å². The fourth-order valence-corrected chi connectivity index (χ4v) is 14.2. The van der Waals surface area contributed by atoms with Crippen molar-refractivity contribution in [3.63, 3.8) is 0 Å². The second kappa shape index (κ2) is 12.3. The molecule has 48 heavy (non-hydrogen) atoms. The number of hydrogen-bond donors (Lipinski definition) is 2. The predicted molar refractivity (Wildman–Crippen MR) is 191 cm³/mol. The van der Waals surface area contributed by atoms with Gasteiger partial charge < -0.3 is 19.7 Å². The molecule has 1 aromatic carbocycles. The lowest BCUT2D eigenvalue weighted by Gasteiger charge is -2.72. The lowest BCUT2D eigenvalue weighted by Crippen LogP contribution is -2.67. The first-order valence-corrected chi connectivity index (χ1v) is 20.3. The quantitative estimate of drug-likeness (QED) is 0.298. The maximum atomic E-state index is 13.3. The van der Waals surface area contributed by atoms with Gasteiger partial charge in [-0.3, -0.25) is 4.90 Å².